The first-order valence-corrected chi connectivity index (χ1v) is 7.19. The number of nitrogens with zero attached hydrogens (tertiary/aromatic N) is 1. The van der Waals surface area contributed by atoms with Crippen molar-refractivity contribution in [2.24, 2.45) is 5.92 Å². The lowest BCUT2D eigenvalue weighted by Gasteiger charge is -2.40. The molecule has 3 heteroatoms. The van der Waals surface area contributed by atoms with E-state index in [1.807, 2.05) is 13.8 Å². The van der Waals surface area contributed by atoms with Crippen LogP contribution in [-0.2, 0) is 16.0 Å². The number of hydrogen-bond donors (Lipinski definition) is 0. The van der Waals surface area contributed by atoms with Crippen LogP contribution in [0.4, 0.5) is 0 Å². The molecule has 0 N–H and O–H groups in total. The minimum absolute atomic E-state index is 0.291. The number of hydrogen-bond acceptors (Lipinski definition) is 3. The van der Waals surface area contributed by atoms with Gasteiger partial charge in [0.15, 0.2) is 5.79 Å². The molecular weight excluding hydrogens is 238 g/mol. The van der Waals surface area contributed by atoms with Gasteiger partial charge < -0.3 is 9.47 Å². The average molecular weight is 261 g/mol. The zero-order valence-electron chi connectivity index (χ0n) is 11.8. The third-order valence-electron chi connectivity index (χ3n) is 3.95. The fourth-order valence-corrected chi connectivity index (χ4v) is 3.05. The number of likely N-dealkylation sites (tertiary alicyclic amines) is 1. The molecule has 2 heterocycles. The molecule has 2 aliphatic heterocycles. The molecule has 1 aromatic carbocycles. The molecule has 3 rings (SSSR count). The van der Waals surface area contributed by atoms with E-state index in [0.717, 1.165) is 25.5 Å². The second-order valence-corrected chi connectivity index (χ2v) is 6.23. The quantitative estimate of drug-likeness (QED) is 0.831. The topological polar surface area (TPSA) is 21.7 Å². The van der Waals surface area contributed by atoms with Gasteiger partial charge in [-0.2, -0.15) is 0 Å². The molecule has 0 unspecified atom stereocenters. The summed E-state index contributed by atoms with van der Waals surface area (Å²) in [4.78, 5) is 2.50. The molecule has 3 nitrogen and oxygen atoms in total. The van der Waals surface area contributed by atoms with E-state index >= 15 is 0 Å². The van der Waals surface area contributed by atoms with Crippen molar-refractivity contribution in [3.8, 4) is 0 Å². The van der Waals surface area contributed by atoms with E-state index in [-0.39, 0.29) is 5.79 Å². The SMILES string of the molecule is CC1(C)OC[C@@H](CC2CN(Cc3ccccc3)C2)O1. The first-order valence-electron chi connectivity index (χ1n) is 7.19. The summed E-state index contributed by atoms with van der Waals surface area (Å²) in [5.74, 6) is 0.393. The predicted molar refractivity (Wildman–Crippen MR) is 74.7 cm³/mol. The molecule has 104 valence electrons. The molecule has 1 atom stereocenters. The first kappa shape index (κ1) is 13.1. The van der Waals surface area contributed by atoms with Crippen LogP contribution in [0, 0.1) is 5.92 Å². The summed E-state index contributed by atoms with van der Waals surface area (Å²) >= 11 is 0. The molecule has 1 aromatic rings. The van der Waals surface area contributed by atoms with E-state index < -0.39 is 0 Å². The smallest absolute Gasteiger partial charge is 0.163 e. The molecule has 19 heavy (non-hydrogen) atoms. The largest absolute Gasteiger partial charge is 0.348 e. The maximum Gasteiger partial charge on any atom is 0.163 e. The van der Waals surface area contributed by atoms with Crippen LogP contribution in [0.5, 0.6) is 0 Å². The van der Waals surface area contributed by atoms with Crippen LogP contribution in [0.2, 0.25) is 0 Å². The van der Waals surface area contributed by atoms with E-state index in [4.69, 9.17) is 9.47 Å². The Hall–Kier alpha value is -0.900. The van der Waals surface area contributed by atoms with Crippen LogP contribution in [0.3, 0.4) is 0 Å². The predicted octanol–water partition coefficient (Wildman–Crippen LogP) is 2.66. The second-order valence-electron chi connectivity index (χ2n) is 6.23. The van der Waals surface area contributed by atoms with Crippen molar-refractivity contribution in [1.82, 2.24) is 4.90 Å². The Morgan fingerprint density at radius 3 is 2.58 bits per heavy atom. The van der Waals surface area contributed by atoms with E-state index in [9.17, 15) is 0 Å². The summed E-state index contributed by atoms with van der Waals surface area (Å²) in [5.41, 5.74) is 1.41. The third kappa shape index (κ3) is 3.35. The lowest BCUT2D eigenvalue weighted by atomic mass is 9.93. The van der Waals surface area contributed by atoms with Gasteiger partial charge in [-0.15, -0.1) is 0 Å². The van der Waals surface area contributed by atoms with Gasteiger partial charge in [0.25, 0.3) is 0 Å². The monoisotopic (exact) mass is 261 g/mol. The van der Waals surface area contributed by atoms with E-state index in [1.54, 1.807) is 0 Å². The number of benzene rings is 1. The Bertz CT molecular complexity index is 412. The summed E-state index contributed by atoms with van der Waals surface area (Å²) in [5, 5.41) is 0. The highest BCUT2D eigenvalue weighted by Crippen LogP contribution is 2.30. The first-order chi connectivity index (χ1) is 9.11. The Morgan fingerprint density at radius 2 is 1.95 bits per heavy atom. The Balaban J connectivity index is 1.39. The van der Waals surface area contributed by atoms with Gasteiger partial charge >= 0.3 is 0 Å². The molecule has 0 amide bonds. The van der Waals surface area contributed by atoms with Gasteiger partial charge in [0.1, 0.15) is 0 Å². The summed E-state index contributed by atoms with van der Waals surface area (Å²) < 4.78 is 11.5. The van der Waals surface area contributed by atoms with E-state index in [1.165, 1.54) is 18.7 Å². The molecule has 0 bridgehead atoms. The molecule has 0 spiro atoms. The fourth-order valence-electron chi connectivity index (χ4n) is 3.05. The Morgan fingerprint density at radius 1 is 1.21 bits per heavy atom. The standard InChI is InChI=1S/C16H23NO2/c1-16(2)18-12-15(19-16)8-14-10-17(11-14)9-13-6-4-3-5-7-13/h3-7,14-15H,8-12H2,1-2H3/t15-/m1/s1. The number of ether oxygens (including phenoxy) is 2. The van der Waals surface area contributed by atoms with Gasteiger partial charge in [-0.1, -0.05) is 30.3 Å². The van der Waals surface area contributed by atoms with Gasteiger partial charge in [0, 0.05) is 19.6 Å². The maximum atomic E-state index is 5.87. The molecular formula is C16H23NO2. The van der Waals surface area contributed by atoms with Gasteiger partial charge in [0.05, 0.1) is 12.7 Å². The maximum absolute atomic E-state index is 5.87. The van der Waals surface area contributed by atoms with Gasteiger partial charge in [-0.05, 0) is 31.7 Å². The van der Waals surface area contributed by atoms with Crippen molar-refractivity contribution < 1.29 is 9.47 Å². The van der Waals surface area contributed by atoms with Gasteiger partial charge in [-0.3, -0.25) is 4.90 Å². The van der Waals surface area contributed by atoms with Crippen LogP contribution in [0.15, 0.2) is 30.3 Å². The van der Waals surface area contributed by atoms with Crippen LogP contribution < -0.4 is 0 Å². The summed E-state index contributed by atoms with van der Waals surface area (Å²) in [7, 11) is 0. The van der Waals surface area contributed by atoms with E-state index in [0.29, 0.717) is 6.10 Å². The van der Waals surface area contributed by atoms with E-state index in [2.05, 4.69) is 35.2 Å². The van der Waals surface area contributed by atoms with Gasteiger partial charge in [0.2, 0.25) is 0 Å². The van der Waals surface area contributed by atoms with Crippen LogP contribution in [0.1, 0.15) is 25.8 Å². The average Bonchev–Trinajstić information content (AvgIpc) is 2.67. The highest BCUT2D eigenvalue weighted by molar-refractivity contribution is 5.14. The molecule has 0 aliphatic carbocycles. The van der Waals surface area contributed by atoms with Gasteiger partial charge in [-0.25, -0.2) is 0 Å². The molecule has 0 radical (unpaired) electrons. The van der Waals surface area contributed by atoms with Crippen molar-refractivity contribution >= 4 is 0 Å². The lowest BCUT2D eigenvalue weighted by molar-refractivity contribution is -0.141. The summed E-state index contributed by atoms with van der Waals surface area (Å²) in [6.07, 6.45) is 1.42. The van der Waals surface area contributed by atoms with Crippen LogP contribution in [-0.4, -0.2) is 36.5 Å². The minimum atomic E-state index is -0.377. The second kappa shape index (κ2) is 5.23. The Kier molecular flexibility index (Phi) is 3.61. The molecule has 2 saturated heterocycles. The molecule has 2 fully saturated rings. The fraction of sp³-hybridized carbons (Fsp3) is 0.625. The lowest BCUT2D eigenvalue weighted by Crippen LogP contribution is -2.47. The van der Waals surface area contributed by atoms with Crippen molar-refractivity contribution in [2.45, 2.75) is 38.7 Å². The third-order valence-corrected chi connectivity index (χ3v) is 3.95. The Labute approximate surface area is 115 Å². The molecule has 0 saturated carbocycles. The zero-order valence-corrected chi connectivity index (χ0v) is 11.8. The summed E-state index contributed by atoms with van der Waals surface area (Å²) in [6, 6.07) is 10.7. The minimum Gasteiger partial charge on any atom is -0.348 e. The van der Waals surface area contributed by atoms with Crippen molar-refractivity contribution in [1.29, 1.82) is 0 Å². The van der Waals surface area contributed by atoms with Crippen LogP contribution >= 0.6 is 0 Å². The van der Waals surface area contributed by atoms with Crippen molar-refractivity contribution in [3.63, 3.8) is 0 Å². The summed E-state index contributed by atoms with van der Waals surface area (Å²) in [6.45, 7) is 8.20. The highest BCUT2D eigenvalue weighted by atomic mass is 16.7. The molecule has 2 aliphatic rings. The molecule has 0 aromatic heterocycles. The van der Waals surface area contributed by atoms with Crippen molar-refractivity contribution in [2.75, 3.05) is 19.7 Å². The number of rotatable bonds is 4. The van der Waals surface area contributed by atoms with Crippen molar-refractivity contribution in [3.05, 3.63) is 35.9 Å². The highest BCUT2D eigenvalue weighted by Gasteiger charge is 2.36. The van der Waals surface area contributed by atoms with Crippen LogP contribution in [0.25, 0.3) is 0 Å². The normalized spacial score (nSPS) is 27.4. The zero-order chi connectivity index (χ0) is 13.3.